The van der Waals surface area contributed by atoms with Crippen LogP contribution in [0.1, 0.15) is 43.0 Å². The van der Waals surface area contributed by atoms with E-state index in [9.17, 15) is 4.79 Å². The predicted octanol–water partition coefficient (Wildman–Crippen LogP) is 3.23. The van der Waals surface area contributed by atoms with E-state index in [-0.39, 0.29) is 5.91 Å². The molecule has 1 rings (SSSR count). The Kier molecular flexibility index (Phi) is 6.12. The average Bonchev–Trinajstić information content (AvgIpc) is 2.82. The fourth-order valence-corrected chi connectivity index (χ4v) is 1.93. The molecule has 0 aliphatic carbocycles. The van der Waals surface area contributed by atoms with Crippen LogP contribution < -0.4 is 5.32 Å². The Morgan fingerprint density at radius 3 is 2.76 bits per heavy atom. The van der Waals surface area contributed by atoms with E-state index in [0.29, 0.717) is 24.1 Å². The minimum Gasteiger partial charge on any atom is -0.456 e. The Labute approximate surface area is 108 Å². The molecule has 0 fully saturated rings. The van der Waals surface area contributed by atoms with Gasteiger partial charge in [0.05, 0.1) is 0 Å². The second-order valence-electron chi connectivity index (χ2n) is 4.08. The first kappa shape index (κ1) is 14.1. The molecule has 4 heteroatoms. The first-order chi connectivity index (χ1) is 8.21. The largest absolute Gasteiger partial charge is 0.456 e. The van der Waals surface area contributed by atoms with E-state index in [4.69, 9.17) is 16.0 Å². The van der Waals surface area contributed by atoms with Crippen molar-refractivity contribution in [2.75, 3.05) is 12.4 Å². The van der Waals surface area contributed by atoms with Crippen molar-refractivity contribution in [2.24, 2.45) is 5.92 Å². The van der Waals surface area contributed by atoms with Gasteiger partial charge in [0.25, 0.3) is 5.91 Å². The van der Waals surface area contributed by atoms with Gasteiger partial charge in [-0.25, -0.2) is 0 Å². The zero-order valence-corrected chi connectivity index (χ0v) is 11.2. The third-order valence-corrected chi connectivity index (χ3v) is 3.10. The summed E-state index contributed by atoms with van der Waals surface area (Å²) < 4.78 is 5.38. The van der Waals surface area contributed by atoms with E-state index in [2.05, 4.69) is 12.2 Å². The van der Waals surface area contributed by atoms with Gasteiger partial charge < -0.3 is 9.73 Å². The molecule has 0 spiro atoms. The van der Waals surface area contributed by atoms with Crippen LogP contribution in [-0.2, 0) is 6.42 Å². The molecule has 1 N–H and O–H groups in total. The van der Waals surface area contributed by atoms with Crippen LogP contribution >= 0.6 is 11.6 Å². The molecule has 17 heavy (non-hydrogen) atoms. The van der Waals surface area contributed by atoms with Gasteiger partial charge in [0.2, 0.25) is 0 Å². The fourth-order valence-electron chi connectivity index (χ4n) is 1.62. The molecule has 1 aromatic rings. The standard InChI is InChI=1S/C13H20ClNO2/c1-3-10(7-8-14)9-15-13(16)12-6-5-11(4-2)17-12/h5-6,10H,3-4,7-9H2,1-2H3,(H,15,16). The highest BCUT2D eigenvalue weighted by Crippen LogP contribution is 2.10. The van der Waals surface area contributed by atoms with Gasteiger partial charge in [-0.2, -0.15) is 0 Å². The summed E-state index contributed by atoms with van der Waals surface area (Å²) in [4.78, 5) is 11.8. The number of amides is 1. The summed E-state index contributed by atoms with van der Waals surface area (Å²) >= 11 is 5.70. The molecule has 1 atom stereocenters. The summed E-state index contributed by atoms with van der Waals surface area (Å²) in [6, 6.07) is 3.56. The first-order valence-corrected chi connectivity index (χ1v) is 6.67. The van der Waals surface area contributed by atoms with Crippen LogP contribution in [0.2, 0.25) is 0 Å². The lowest BCUT2D eigenvalue weighted by Crippen LogP contribution is -2.29. The summed E-state index contributed by atoms with van der Waals surface area (Å²) in [5.41, 5.74) is 0. The van der Waals surface area contributed by atoms with Crippen LogP contribution in [-0.4, -0.2) is 18.3 Å². The molecule has 3 nitrogen and oxygen atoms in total. The van der Waals surface area contributed by atoms with E-state index < -0.39 is 0 Å². The third kappa shape index (κ3) is 4.43. The summed E-state index contributed by atoms with van der Waals surface area (Å²) in [5, 5.41) is 2.88. The molecule has 1 heterocycles. The van der Waals surface area contributed by atoms with Crippen LogP contribution in [0.15, 0.2) is 16.5 Å². The lowest BCUT2D eigenvalue weighted by molar-refractivity contribution is 0.0917. The second-order valence-corrected chi connectivity index (χ2v) is 4.46. The van der Waals surface area contributed by atoms with Crippen LogP contribution in [0, 0.1) is 5.92 Å². The quantitative estimate of drug-likeness (QED) is 0.762. The monoisotopic (exact) mass is 257 g/mol. The lowest BCUT2D eigenvalue weighted by Gasteiger charge is -2.13. The molecule has 1 unspecified atom stereocenters. The number of alkyl halides is 1. The van der Waals surface area contributed by atoms with Gasteiger partial charge in [-0.3, -0.25) is 4.79 Å². The Morgan fingerprint density at radius 2 is 2.24 bits per heavy atom. The Bertz CT molecular complexity index is 349. The first-order valence-electron chi connectivity index (χ1n) is 6.14. The molecule has 0 aliphatic heterocycles. The van der Waals surface area contributed by atoms with Crippen molar-refractivity contribution in [2.45, 2.75) is 33.1 Å². The molecular formula is C13H20ClNO2. The number of hydrogen-bond acceptors (Lipinski definition) is 2. The van der Waals surface area contributed by atoms with Gasteiger partial charge in [-0.05, 0) is 24.5 Å². The van der Waals surface area contributed by atoms with Gasteiger partial charge in [0.1, 0.15) is 5.76 Å². The minimum atomic E-state index is -0.141. The highest BCUT2D eigenvalue weighted by Gasteiger charge is 2.12. The van der Waals surface area contributed by atoms with E-state index in [1.807, 2.05) is 13.0 Å². The maximum Gasteiger partial charge on any atom is 0.287 e. The number of carbonyl (C=O) groups is 1. The van der Waals surface area contributed by atoms with Crippen molar-refractivity contribution in [3.05, 3.63) is 23.7 Å². The van der Waals surface area contributed by atoms with Crippen molar-refractivity contribution in [1.82, 2.24) is 5.32 Å². The number of furan rings is 1. The molecule has 1 amide bonds. The summed E-state index contributed by atoms with van der Waals surface area (Å²) in [5.74, 6) is 2.16. The number of hydrogen-bond donors (Lipinski definition) is 1. The summed E-state index contributed by atoms with van der Waals surface area (Å²) in [7, 11) is 0. The minimum absolute atomic E-state index is 0.141. The smallest absolute Gasteiger partial charge is 0.287 e. The third-order valence-electron chi connectivity index (χ3n) is 2.88. The Balaban J connectivity index is 2.43. The molecule has 0 bridgehead atoms. The Hall–Kier alpha value is -0.960. The SMILES string of the molecule is CCc1ccc(C(=O)NCC(CC)CCCl)o1. The normalized spacial score (nSPS) is 12.4. The van der Waals surface area contributed by atoms with Crippen molar-refractivity contribution in [1.29, 1.82) is 0 Å². The second kappa shape index (κ2) is 7.38. The topological polar surface area (TPSA) is 42.2 Å². The van der Waals surface area contributed by atoms with E-state index in [1.165, 1.54) is 0 Å². The van der Waals surface area contributed by atoms with Gasteiger partial charge in [-0.1, -0.05) is 20.3 Å². The van der Waals surface area contributed by atoms with Crippen LogP contribution in [0.4, 0.5) is 0 Å². The van der Waals surface area contributed by atoms with Crippen LogP contribution in [0.3, 0.4) is 0 Å². The maximum atomic E-state index is 11.8. The van der Waals surface area contributed by atoms with E-state index >= 15 is 0 Å². The van der Waals surface area contributed by atoms with Crippen molar-refractivity contribution in [3.63, 3.8) is 0 Å². The van der Waals surface area contributed by atoms with Gasteiger partial charge in [0.15, 0.2) is 5.76 Å². The summed E-state index contributed by atoms with van der Waals surface area (Å²) in [6.07, 6.45) is 2.75. The van der Waals surface area contributed by atoms with Crippen molar-refractivity contribution < 1.29 is 9.21 Å². The zero-order valence-electron chi connectivity index (χ0n) is 10.5. The molecule has 0 aliphatic rings. The predicted molar refractivity (Wildman–Crippen MR) is 69.5 cm³/mol. The zero-order chi connectivity index (χ0) is 12.7. The number of aryl methyl sites for hydroxylation is 1. The molecule has 0 saturated heterocycles. The molecule has 1 aromatic heterocycles. The number of carbonyl (C=O) groups excluding carboxylic acids is 1. The molecule has 0 aromatic carbocycles. The van der Waals surface area contributed by atoms with Crippen LogP contribution in [0.25, 0.3) is 0 Å². The van der Waals surface area contributed by atoms with Gasteiger partial charge in [0, 0.05) is 18.8 Å². The molecule has 96 valence electrons. The van der Waals surface area contributed by atoms with Crippen LogP contribution in [0.5, 0.6) is 0 Å². The van der Waals surface area contributed by atoms with E-state index in [1.54, 1.807) is 6.07 Å². The van der Waals surface area contributed by atoms with Crippen molar-refractivity contribution in [3.8, 4) is 0 Å². The molecular weight excluding hydrogens is 238 g/mol. The molecule has 0 radical (unpaired) electrons. The Morgan fingerprint density at radius 1 is 1.47 bits per heavy atom. The number of halogens is 1. The van der Waals surface area contributed by atoms with Crippen molar-refractivity contribution >= 4 is 17.5 Å². The molecule has 0 saturated carbocycles. The lowest BCUT2D eigenvalue weighted by atomic mass is 10.0. The summed E-state index contributed by atoms with van der Waals surface area (Å²) in [6.45, 7) is 4.75. The maximum absolute atomic E-state index is 11.8. The number of nitrogens with one attached hydrogen (secondary N) is 1. The fraction of sp³-hybridized carbons (Fsp3) is 0.615. The number of rotatable bonds is 7. The average molecular weight is 258 g/mol. The van der Waals surface area contributed by atoms with Gasteiger partial charge >= 0.3 is 0 Å². The highest BCUT2D eigenvalue weighted by atomic mass is 35.5. The van der Waals surface area contributed by atoms with Gasteiger partial charge in [-0.15, -0.1) is 11.6 Å². The highest BCUT2D eigenvalue weighted by molar-refractivity contribution is 6.17. The van der Waals surface area contributed by atoms with E-state index in [0.717, 1.165) is 25.0 Å².